The van der Waals surface area contributed by atoms with Crippen molar-refractivity contribution in [3.05, 3.63) is 15.6 Å². The number of nitrogens with one attached hydrogen (secondary N) is 1. The molecule has 2 aliphatic rings. The number of piperazine rings is 1. The maximum Gasteiger partial charge on any atom is 0.265 e. The molecule has 1 saturated heterocycles. The molecule has 1 aromatic heterocycles. The van der Waals surface area contributed by atoms with Crippen LogP contribution in [0.15, 0.2) is 0 Å². The van der Waals surface area contributed by atoms with Crippen LogP contribution in [0.1, 0.15) is 59.9 Å². The van der Waals surface area contributed by atoms with Gasteiger partial charge in [0.1, 0.15) is 4.88 Å². The molecule has 2 fully saturated rings. The lowest BCUT2D eigenvalue weighted by Gasteiger charge is -2.27. The van der Waals surface area contributed by atoms with Crippen LogP contribution in [0.25, 0.3) is 0 Å². The molecule has 0 aromatic carbocycles. The minimum absolute atomic E-state index is 0.0241. The van der Waals surface area contributed by atoms with Gasteiger partial charge in [0.2, 0.25) is 0 Å². The molecular weight excluding hydrogens is 270 g/mol. The first kappa shape index (κ1) is 14.0. The normalized spacial score (nSPS) is 20.2. The monoisotopic (exact) mass is 293 g/mol. The zero-order chi connectivity index (χ0) is 14.3. The smallest absolute Gasteiger partial charge is 0.265 e. The molecule has 0 bridgehead atoms. The fraction of sp³-hybridized carbons (Fsp3) is 0.733. The maximum absolute atomic E-state index is 12.8. The lowest BCUT2D eigenvalue weighted by Crippen LogP contribution is -2.46. The van der Waals surface area contributed by atoms with Gasteiger partial charge in [-0.3, -0.25) is 4.79 Å². The summed E-state index contributed by atoms with van der Waals surface area (Å²) in [6.07, 6.45) is 2.38. The van der Waals surface area contributed by atoms with Gasteiger partial charge >= 0.3 is 0 Å². The van der Waals surface area contributed by atoms with Crippen molar-refractivity contribution >= 4 is 17.2 Å². The Bertz CT molecular complexity index is 508. The first-order valence-electron chi connectivity index (χ1n) is 7.48. The molecule has 1 amide bonds. The fourth-order valence-corrected chi connectivity index (χ4v) is 3.63. The second-order valence-corrected chi connectivity index (χ2v) is 7.80. The van der Waals surface area contributed by atoms with E-state index in [4.69, 9.17) is 4.98 Å². The minimum atomic E-state index is 0.0241. The Morgan fingerprint density at radius 1 is 1.30 bits per heavy atom. The highest BCUT2D eigenvalue weighted by molar-refractivity contribution is 7.14. The van der Waals surface area contributed by atoms with Gasteiger partial charge in [-0.25, -0.2) is 4.98 Å². The van der Waals surface area contributed by atoms with Crippen LogP contribution in [0.4, 0.5) is 0 Å². The molecule has 0 unspecified atom stereocenters. The third kappa shape index (κ3) is 2.74. The first-order valence-corrected chi connectivity index (χ1v) is 8.29. The van der Waals surface area contributed by atoms with Gasteiger partial charge < -0.3 is 10.2 Å². The molecule has 20 heavy (non-hydrogen) atoms. The number of nitrogens with zero attached hydrogens (tertiary/aromatic N) is 2. The molecular formula is C15H23N3OS. The Morgan fingerprint density at radius 3 is 2.50 bits per heavy atom. The van der Waals surface area contributed by atoms with E-state index in [2.05, 4.69) is 26.1 Å². The maximum atomic E-state index is 12.8. The summed E-state index contributed by atoms with van der Waals surface area (Å²) < 4.78 is 0. The van der Waals surface area contributed by atoms with Crippen molar-refractivity contribution in [1.29, 1.82) is 0 Å². The van der Waals surface area contributed by atoms with Gasteiger partial charge in [0.25, 0.3) is 5.91 Å². The van der Waals surface area contributed by atoms with Crippen LogP contribution in [-0.4, -0.2) is 42.0 Å². The van der Waals surface area contributed by atoms with Crippen LogP contribution in [-0.2, 0) is 5.41 Å². The fourth-order valence-electron chi connectivity index (χ4n) is 2.45. The SMILES string of the molecule is CC(C)(C)c1nc(C2CC2)c(C(=O)N2CCNCC2)s1. The van der Waals surface area contributed by atoms with E-state index in [0.29, 0.717) is 5.92 Å². The molecule has 0 atom stereocenters. The summed E-state index contributed by atoms with van der Waals surface area (Å²) in [7, 11) is 0. The van der Waals surface area contributed by atoms with Gasteiger partial charge in [0, 0.05) is 37.5 Å². The highest BCUT2D eigenvalue weighted by Gasteiger charge is 2.35. The van der Waals surface area contributed by atoms with E-state index in [-0.39, 0.29) is 11.3 Å². The van der Waals surface area contributed by atoms with E-state index in [1.807, 2.05) is 4.90 Å². The second kappa shape index (κ2) is 5.11. The van der Waals surface area contributed by atoms with E-state index in [1.165, 1.54) is 12.8 Å². The number of carbonyl (C=O) groups excluding carboxylic acids is 1. The van der Waals surface area contributed by atoms with Gasteiger partial charge in [-0.15, -0.1) is 11.3 Å². The summed E-state index contributed by atoms with van der Waals surface area (Å²) in [6, 6.07) is 0. The van der Waals surface area contributed by atoms with Crippen molar-refractivity contribution in [2.45, 2.75) is 44.9 Å². The van der Waals surface area contributed by atoms with Crippen LogP contribution in [0.5, 0.6) is 0 Å². The zero-order valence-electron chi connectivity index (χ0n) is 12.5. The quantitative estimate of drug-likeness (QED) is 0.910. The van der Waals surface area contributed by atoms with E-state index in [9.17, 15) is 4.79 Å². The van der Waals surface area contributed by atoms with E-state index in [1.54, 1.807) is 11.3 Å². The molecule has 110 valence electrons. The molecule has 1 aromatic rings. The number of amides is 1. The average Bonchev–Trinajstić information content (AvgIpc) is 3.16. The van der Waals surface area contributed by atoms with Crippen LogP contribution < -0.4 is 5.32 Å². The molecule has 1 aliphatic carbocycles. The Hall–Kier alpha value is -0.940. The molecule has 0 radical (unpaired) electrons. The van der Waals surface area contributed by atoms with Crippen molar-refractivity contribution in [2.24, 2.45) is 0 Å². The summed E-state index contributed by atoms with van der Waals surface area (Å²) >= 11 is 1.61. The molecule has 1 saturated carbocycles. The van der Waals surface area contributed by atoms with Gasteiger partial charge in [0.05, 0.1) is 10.7 Å². The van der Waals surface area contributed by atoms with Gasteiger partial charge in [-0.1, -0.05) is 20.8 Å². The minimum Gasteiger partial charge on any atom is -0.335 e. The molecule has 5 heteroatoms. The number of hydrogen-bond acceptors (Lipinski definition) is 4. The predicted molar refractivity (Wildman–Crippen MR) is 81.6 cm³/mol. The average molecular weight is 293 g/mol. The van der Waals surface area contributed by atoms with Gasteiger partial charge in [0.15, 0.2) is 0 Å². The summed E-state index contributed by atoms with van der Waals surface area (Å²) in [5.74, 6) is 0.727. The number of carbonyl (C=O) groups is 1. The van der Waals surface area contributed by atoms with Crippen LogP contribution in [0.2, 0.25) is 0 Å². The van der Waals surface area contributed by atoms with E-state index < -0.39 is 0 Å². The third-order valence-corrected chi connectivity index (χ3v) is 5.34. The topological polar surface area (TPSA) is 45.2 Å². The molecule has 0 spiro atoms. The van der Waals surface area contributed by atoms with E-state index >= 15 is 0 Å². The molecule has 4 nitrogen and oxygen atoms in total. The highest BCUT2D eigenvalue weighted by Crippen LogP contribution is 2.44. The number of rotatable bonds is 2. The van der Waals surface area contributed by atoms with Crippen LogP contribution in [0.3, 0.4) is 0 Å². The summed E-state index contributed by atoms with van der Waals surface area (Å²) in [6.45, 7) is 9.92. The number of aromatic nitrogens is 1. The standard InChI is InChI=1S/C15H23N3OS/c1-15(2,3)14-17-11(10-4-5-10)12(20-14)13(19)18-8-6-16-7-9-18/h10,16H,4-9H2,1-3H3. The Morgan fingerprint density at radius 2 is 1.95 bits per heavy atom. The lowest BCUT2D eigenvalue weighted by atomic mass is 9.98. The Labute approximate surface area is 124 Å². The van der Waals surface area contributed by atoms with Crippen LogP contribution in [0, 0.1) is 0 Å². The Kier molecular flexibility index (Phi) is 3.58. The van der Waals surface area contributed by atoms with Crippen molar-refractivity contribution < 1.29 is 4.79 Å². The number of thiazole rings is 1. The third-order valence-electron chi connectivity index (χ3n) is 3.86. The van der Waals surface area contributed by atoms with Crippen LogP contribution >= 0.6 is 11.3 Å². The Balaban J connectivity index is 1.90. The molecule has 1 N–H and O–H groups in total. The van der Waals surface area contributed by atoms with Crippen molar-refractivity contribution in [2.75, 3.05) is 26.2 Å². The van der Waals surface area contributed by atoms with Crippen molar-refractivity contribution in [3.63, 3.8) is 0 Å². The lowest BCUT2D eigenvalue weighted by molar-refractivity contribution is 0.0739. The largest absolute Gasteiger partial charge is 0.335 e. The van der Waals surface area contributed by atoms with Gasteiger partial charge in [-0.2, -0.15) is 0 Å². The molecule has 2 heterocycles. The number of hydrogen-bond donors (Lipinski definition) is 1. The molecule has 1 aliphatic heterocycles. The summed E-state index contributed by atoms with van der Waals surface area (Å²) in [5.41, 5.74) is 1.10. The first-order chi connectivity index (χ1) is 9.47. The zero-order valence-corrected chi connectivity index (χ0v) is 13.3. The van der Waals surface area contributed by atoms with Crippen molar-refractivity contribution in [1.82, 2.24) is 15.2 Å². The second-order valence-electron chi connectivity index (χ2n) is 6.80. The molecule has 3 rings (SSSR count). The highest BCUT2D eigenvalue weighted by atomic mass is 32.1. The van der Waals surface area contributed by atoms with Gasteiger partial charge in [-0.05, 0) is 12.8 Å². The summed E-state index contributed by atoms with van der Waals surface area (Å²) in [4.78, 5) is 20.5. The van der Waals surface area contributed by atoms with E-state index in [0.717, 1.165) is 41.8 Å². The summed E-state index contributed by atoms with van der Waals surface area (Å²) in [5, 5.41) is 4.39. The van der Waals surface area contributed by atoms with Crippen molar-refractivity contribution in [3.8, 4) is 0 Å². The predicted octanol–water partition coefficient (Wildman–Crippen LogP) is 2.36.